The minimum absolute atomic E-state index is 0.0414. The monoisotopic (exact) mass is 345 g/mol. The molecule has 1 aromatic rings. The van der Waals surface area contributed by atoms with Gasteiger partial charge in [0.05, 0.1) is 0 Å². The van der Waals surface area contributed by atoms with E-state index in [0.717, 1.165) is 44.6 Å². The van der Waals surface area contributed by atoms with Crippen molar-refractivity contribution in [2.24, 2.45) is 5.92 Å². The molecule has 0 aromatic carbocycles. The minimum Gasteiger partial charge on any atom is -0.354 e. The van der Waals surface area contributed by atoms with Gasteiger partial charge in [-0.1, -0.05) is 0 Å². The van der Waals surface area contributed by atoms with E-state index in [1.54, 1.807) is 0 Å². The van der Waals surface area contributed by atoms with Crippen LogP contribution in [0.2, 0.25) is 0 Å². The van der Waals surface area contributed by atoms with Gasteiger partial charge in [0.2, 0.25) is 11.9 Å². The standard InChI is InChI=1S/C15H22F3N5O/c16-15(17,18)12-5-8-21-14(23-12)22-10-9-20-13(24)2-1-11-3-6-19-7-4-11/h5,8,11,19H,1-4,6-7,9-10H2,(H,20,24)(H,21,22,23). The minimum atomic E-state index is -4.50. The van der Waals surface area contributed by atoms with Crippen molar-refractivity contribution in [3.8, 4) is 0 Å². The molecule has 2 heterocycles. The van der Waals surface area contributed by atoms with Crippen LogP contribution < -0.4 is 16.0 Å². The maximum Gasteiger partial charge on any atom is 0.433 e. The first kappa shape index (κ1) is 18.4. The van der Waals surface area contributed by atoms with Crippen LogP contribution in [0.5, 0.6) is 0 Å². The number of anilines is 1. The molecule has 24 heavy (non-hydrogen) atoms. The molecule has 134 valence electrons. The summed E-state index contributed by atoms with van der Waals surface area (Å²) in [5, 5.41) is 8.70. The summed E-state index contributed by atoms with van der Waals surface area (Å²) in [5.74, 6) is 0.447. The molecular weight excluding hydrogens is 323 g/mol. The first-order valence-corrected chi connectivity index (χ1v) is 8.06. The average molecular weight is 345 g/mol. The van der Waals surface area contributed by atoms with Crippen molar-refractivity contribution in [3.63, 3.8) is 0 Å². The summed E-state index contributed by atoms with van der Waals surface area (Å²) in [5.41, 5.74) is -0.994. The molecule has 0 bridgehead atoms. The van der Waals surface area contributed by atoms with Crippen LogP contribution in [0.15, 0.2) is 12.3 Å². The van der Waals surface area contributed by atoms with Gasteiger partial charge in [0.1, 0.15) is 5.69 Å². The number of nitrogens with one attached hydrogen (secondary N) is 3. The summed E-state index contributed by atoms with van der Waals surface area (Å²) < 4.78 is 37.6. The van der Waals surface area contributed by atoms with E-state index in [1.165, 1.54) is 0 Å². The van der Waals surface area contributed by atoms with E-state index in [2.05, 4.69) is 25.9 Å². The molecule has 6 nitrogen and oxygen atoms in total. The molecule has 2 rings (SSSR count). The van der Waals surface area contributed by atoms with Gasteiger partial charge >= 0.3 is 6.18 Å². The fourth-order valence-corrected chi connectivity index (χ4v) is 2.57. The molecule has 1 aliphatic rings. The van der Waals surface area contributed by atoms with Crippen LogP contribution in [-0.2, 0) is 11.0 Å². The number of amides is 1. The average Bonchev–Trinajstić information content (AvgIpc) is 2.57. The number of alkyl halides is 3. The summed E-state index contributed by atoms with van der Waals surface area (Å²) in [6.07, 6.45) is 0.101. The molecule has 3 N–H and O–H groups in total. The van der Waals surface area contributed by atoms with E-state index in [1.807, 2.05) is 0 Å². The number of piperidine rings is 1. The molecule has 9 heteroatoms. The number of halogens is 3. The number of aromatic nitrogens is 2. The predicted octanol–water partition coefficient (Wildman–Crippen LogP) is 1.80. The van der Waals surface area contributed by atoms with Gasteiger partial charge in [0, 0.05) is 25.7 Å². The Labute approximate surface area is 138 Å². The Kier molecular flexibility index (Phi) is 6.77. The highest BCUT2D eigenvalue weighted by Crippen LogP contribution is 2.27. The summed E-state index contributed by atoms with van der Waals surface area (Å²) in [6.45, 7) is 2.59. The number of carbonyl (C=O) groups is 1. The van der Waals surface area contributed by atoms with Crippen molar-refractivity contribution >= 4 is 11.9 Å². The summed E-state index contributed by atoms with van der Waals surface area (Å²) >= 11 is 0. The molecule has 1 aromatic heterocycles. The van der Waals surface area contributed by atoms with Crippen LogP contribution in [0.4, 0.5) is 19.1 Å². The summed E-state index contributed by atoms with van der Waals surface area (Å²) in [6, 6.07) is 0.813. The lowest BCUT2D eigenvalue weighted by Crippen LogP contribution is -2.31. The topological polar surface area (TPSA) is 78.9 Å². The van der Waals surface area contributed by atoms with Crippen molar-refractivity contribution in [1.29, 1.82) is 0 Å². The largest absolute Gasteiger partial charge is 0.433 e. The number of hydrogen-bond donors (Lipinski definition) is 3. The van der Waals surface area contributed by atoms with Gasteiger partial charge in [-0.3, -0.25) is 4.79 Å². The van der Waals surface area contributed by atoms with Gasteiger partial charge in [-0.2, -0.15) is 13.2 Å². The Morgan fingerprint density at radius 2 is 2.04 bits per heavy atom. The number of carbonyl (C=O) groups excluding carboxylic acids is 1. The second kappa shape index (κ2) is 8.81. The Balaban J connectivity index is 1.63. The highest BCUT2D eigenvalue weighted by Gasteiger charge is 2.32. The van der Waals surface area contributed by atoms with Crippen LogP contribution in [0.25, 0.3) is 0 Å². The summed E-state index contributed by atoms with van der Waals surface area (Å²) in [7, 11) is 0. The Bertz CT molecular complexity index is 532. The third-order valence-corrected chi connectivity index (χ3v) is 3.91. The molecule has 0 aliphatic carbocycles. The van der Waals surface area contributed by atoms with E-state index in [0.29, 0.717) is 18.9 Å². The third kappa shape index (κ3) is 6.31. The number of hydrogen-bond acceptors (Lipinski definition) is 5. The van der Waals surface area contributed by atoms with Crippen LogP contribution in [0.3, 0.4) is 0 Å². The van der Waals surface area contributed by atoms with Crippen molar-refractivity contribution in [2.75, 3.05) is 31.5 Å². The molecule has 0 spiro atoms. The van der Waals surface area contributed by atoms with Crippen LogP contribution >= 0.6 is 0 Å². The van der Waals surface area contributed by atoms with Gasteiger partial charge in [0.15, 0.2) is 0 Å². The van der Waals surface area contributed by atoms with Crippen molar-refractivity contribution in [3.05, 3.63) is 18.0 Å². The van der Waals surface area contributed by atoms with E-state index < -0.39 is 11.9 Å². The highest BCUT2D eigenvalue weighted by atomic mass is 19.4. The zero-order chi connectivity index (χ0) is 17.4. The lowest BCUT2D eigenvalue weighted by atomic mass is 9.93. The first-order chi connectivity index (χ1) is 11.4. The van der Waals surface area contributed by atoms with Crippen molar-refractivity contribution in [2.45, 2.75) is 31.9 Å². The number of nitrogens with zero attached hydrogens (tertiary/aromatic N) is 2. The normalized spacial score (nSPS) is 16.0. The van der Waals surface area contributed by atoms with Crippen LogP contribution in [0.1, 0.15) is 31.4 Å². The second-order valence-electron chi connectivity index (χ2n) is 5.77. The Morgan fingerprint density at radius 3 is 2.75 bits per heavy atom. The van der Waals surface area contributed by atoms with E-state index in [-0.39, 0.29) is 18.4 Å². The number of rotatable bonds is 7. The molecule has 0 unspecified atom stereocenters. The van der Waals surface area contributed by atoms with Crippen molar-refractivity contribution < 1.29 is 18.0 Å². The molecule has 1 saturated heterocycles. The predicted molar refractivity (Wildman–Crippen MR) is 83.4 cm³/mol. The molecule has 0 atom stereocenters. The lowest BCUT2D eigenvalue weighted by Gasteiger charge is -2.22. The van der Waals surface area contributed by atoms with Crippen molar-refractivity contribution in [1.82, 2.24) is 20.6 Å². The smallest absolute Gasteiger partial charge is 0.354 e. The molecule has 0 saturated carbocycles. The molecule has 1 fully saturated rings. The van der Waals surface area contributed by atoms with Gasteiger partial charge in [-0.15, -0.1) is 0 Å². The molecule has 0 radical (unpaired) electrons. The molecule has 1 aliphatic heterocycles. The fourth-order valence-electron chi connectivity index (χ4n) is 2.57. The van der Waals surface area contributed by atoms with E-state index in [4.69, 9.17) is 0 Å². The van der Waals surface area contributed by atoms with Crippen LogP contribution in [0, 0.1) is 5.92 Å². The quantitative estimate of drug-likeness (QED) is 0.657. The van der Waals surface area contributed by atoms with Gasteiger partial charge < -0.3 is 16.0 Å². The molecular formula is C15H22F3N5O. The maximum atomic E-state index is 12.5. The van der Waals surface area contributed by atoms with E-state index >= 15 is 0 Å². The molecule has 1 amide bonds. The fraction of sp³-hybridized carbons (Fsp3) is 0.667. The third-order valence-electron chi connectivity index (χ3n) is 3.91. The van der Waals surface area contributed by atoms with Gasteiger partial charge in [-0.05, 0) is 44.3 Å². The summed E-state index contributed by atoms with van der Waals surface area (Å²) in [4.78, 5) is 18.9. The second-order valence-corrected chi connectivity index (χ2v) is 5.77. The zero-order valence-electron chi connectivity index (χ0n) is 13.3. The van der Waals surface area contributed by atoms with Gasteiger partial charge in [-0.25, -0.2) is 9.97 Å². The Morgan fingerprint density at radius 1 is 1.29 bits per heavy atom. The van der Waals surface area contributed by atoms with Crippen LogP contribution in [-0.4, -0.2) is 42.1 Å². The SMILES string of the molecule is O=C(CCC1CCNCC1)NCCNc1nccc(C(F)(F)F)n1. The van der Waals surface area contributed by atoms with Gasteiger partial charge in [0.25, 0.3) is 0 Å². The van der Waals surface area contributed by atoms with E-state index in [9.17, 15) is 18.0 Å². The highest BCUT2D eigenvalue weighted by molar-refractivity contribution is 5.75. The Hall–Kier alpha value is -1.90. The lowest BCUT2D eigenvalue weighted by molar-refractivity contribution is -0.141. The zero-order valence-corrected chi connectivity index (χ0v) is 13.3. The maximum absolute atomic E-state index is 12.5. The first-order valence-electron chi connectivity index (χ1n) is 8.06.